The minimum Gasteiger partial charge on any atom is -0.481 e. The molecule has 3 rings (SSSR count). The van der Waals surface area contributed by atoms with Crippen LogP contribution in [0.3, 0.4) is 0 Å². The van der Waals surface area contributed by atoms with Crippen LogP contribution in [0.2, 0.25) is 4.34 Å². The van der Waals surface area contributed by atoms with E-state index in [-0.39, 0.29) is 11.3 Å². The highest BCUT2D eigenvalue weighted by atomic mass is 35.5. The van der Waals surface area contributed by atoms with Gasteiger partial charge in [-0.2, -0.15) is 0 Å². The Morgan fingerprint density at radius 3 is 2.80 bits per heavy atom. The van der Waals surface area contributed by atoms with Crippen molar-refractivity contribution in [1.82, 2.24) is 10.1 Å². The van der Waals surface area contributed by atoms with Crippen molar-refractivity contribution >= 4 is 28.9 Å². The van der Waals surface area contributed by atoms with Gasteiger partial charge in [-0.3, -0.25) is 9.69 Å². The largest absolute Gasteiger partial charge is 0.481 e. The fourth-order valence-corrected chi connectivity index (χ4v) is 4.19. The summed E-state index contributed by atoms with van der Waals surface area (Å²) in [5, 5.41) is 15.5. The number of halogens is 1. The minimum absolute atomic E-state index is 0.0758. The molecule has 1 aliphatic rings. The molecule has 0 radical (unpaired) electrons. The van der Waals surface area contributed by atoms with Gasteiger partial charge in [0.05, 0.1) is 16.8 Å². The first-order valence-electron chi connectivity index (χ1n) is 8.37. The Balaban J connectivity index is 1.72. The lowest BCUT2D eigenvalue weighted by molar-refractivity contribution is -0.145. The number of likely N-dealkylation sites (tertiary alicyclic amines) is 1. The molecule has 1 N–H and O–H groups in total. The van der Waals surface area contributed by atoms with Crippen LogP contribution < -0.4 is 0 Å². The number of hydrogen-bond donors (Lipinski definition) is 1. The summed E-state index contributed by atoms with van der Waals surface area (Å²) in [6.07, 6.45) is 0.727. The Bertz CT molecular complexity index is 750. The standard InChI is InChI=1S/C18H23ClN2O3S/c1-18(2,3)13-4-11(17(22)23)7-21(8-13)9-14-6-15(20-24-14)12-5-16(19)25-10-12/h5-6,10-11,13H,4,7-9H2,1-3H3,(H,22,23). The van der Waals surface area contributed by atoms with Crippen LogP contribution in [0.5, 0.6) is 0 Å². The maximum absolute atomic E-state index is 11.5. The fraction of sp³-hybridized carbons (Fsp3) is 0.556. The van der Waals surface area contributed by atoms with Crippen molar-refractivity contribution in [3.8, 4) is 11.3 Å². The fourth-order valence-electron chi connectivity index (χ4n) is 3.31. The molecular formula is C18H23ClN2O3S. The smallest absolute Gasteiger partial charge is 0.307 e. The molecule has 1 saturated heterocycles. The van der Waals surface area contributed by atoms with Gasteiger partial charge in [-0.15, -0.1) is 11.3 Å². The van der Waals surface area contributed by atoms with Crippen molar-refractivity contribution in [3.05, 3.63) is 27.6 Å². The topological polar surface area (TPSA) is 66.6 Å². The molecule has 1 aliphatic heterocycles. The normalized spacial score (nSPS) is 22.2. The molecule has 136 valence electrons. The van der Waals surface area contributed by atoms with E-state index in [1.54, 1.807) is 0 Å². The lowest BCUT2D eigenvalue weighted by Crippen LogP contribution is -2.46. The Labute approximate surface area is 156 Å². The van der Waals surface area contributed by atoms with Crippen molar-refractivity contribution in [2.45, 2.75) is 33.7 Å². The number of thiophene rings is 1. The van der Waals surface area contributed by atoms with Gasteiger partial charge in [0, 0.05) is 30.1 Å². The van der Waals surface area contributed by atoms with E-state index in [2.05, 4.69) is 30.8 Å². The molecule has 0 saturated carbocycles. The van der Waals surface area contributed by atoms with Gasteiger partial charge in [0.2, 0.25) is 0 Å². The molecule has 5 nitrogen and oxygen atoms in total. The molecule has 1 fully saturated rings. The van der Waals surface area contributed by atoms with Gasteiger partial charge in [-0.1, -0.05) is 37.5 Å². The first-order valence-corrected chi connectivity index (χ1v) is 9.63. The van der Waals surface area contributed by atoms with Crippen molar-refractivity contribution in [2.24, 2.45) is 17.3 Å². The van der Waals surface area contributed by atoms with Gasteiger partial charge in [0.25, 0.3) is 0 Å². The number of nitrogens with zero attached hydrogens (tertiary/aromatic N) is 2. The summed E-state index contributed by atoms with van der Waals surface area (Å²) in [5.74, 6) is 0.0256. The first kappa shape index (κ1) is 18.4. The summed E-state index contributed by atoms with van der Waals surface area (Å²) in [4.78, 5) is 13.7. The second-order valence-electron chi connectivity index (χ2n) is 7.85. The third-order valence-corrected chi connectivity index (χ3v) is 5.99. The summed E-state index contributed by atoms with van der Waals surface area (Å²) in [5.41, 5.74) is 1.78. The van der Waals surface area contributed by atoms with E-state index in [4.69, 9.17) is 16.1 Å². The monoisotopic (exact) mass is 382 g/mol. The first-order chi connectivity index (χ1) is 11.7. The van der Waals surface area contributed by atoms with Crippen LogP contribution in [0.25, 0.3) is 11.3 Å². The van der Waals surface area contributed by atoms with Crippen LogP contribution in [0.4, 0.5) is 0 Å². The van der Waals surface area contributed by atoms with Crippen LogP contribution >= 0.6 is 22.9 Å². The van der Waals surface area contributed by atoms with Crippen molar-refractivity contribution < 1.29 is 14.4 Å². The van der Waals surface area contributed by atoms with Gasteiger partial charge < -0.3 is 9.63 Å². The van der Waals surface area contributed by atoms with E-state index in [9.17, 15) is 9.90 Å². The highest BCUT2D eigenvalue weighted by Crippen LogP contribution is 2.36. The number of hydrogen-bond acceptors (Lipinski definition) is 5. The van der Waals surface area contributed by atoms with E-state index < -0.39 is 5.97 Å². The van der Waals surface area contributed by atoms with Crippen LogP contribution in [-0.4, -0.2) is 34.2 Å². The SMILES string of the molecule is CC(C)(C)C1CC(C(=O)O)CN(Cc2cc(-c3csc(Cl)c3)no2)C1. The summed E-state index contributed by atoms with van der Waals surface area (Å²) in [6, 6.07) is 3.78. The van der Waals surface area contributed by atoms with Crippen molar-refractivity contribution in [2.75, 3.05) is 13.1 Å². The summed E-state index contributed by atoms with van der Waals surface area (Å²) < 4.78 is 6.19. The molecule has 7 heteroatoms. The molecule has 2 unspecified atom stereocenters. The highest BCUT2D eigenvalue weighted by molar-refractivity contribution is 7.14. The van der Waals surface area contributed by atoms with E-state index in [1.165, 1.54) is 11.3 Å². The second-order valence-corrected chi connectivity index (χ2v) is 9.39. The van der Waals surface area contributed by atoms with Crippen LogP contribution in [0.15, 0.2) is 22.0 Å². The Kier molecular flexibility index (Phi) is 5.23. The number of aliphatic carboxylic acids is 1. The van der Waals surface area contributed by atoms with Crippen LogP contribution in [0.1, 0.15) is 33.0 Å². The molecule has 2 aromatic heterocycles. The van der Waals surface area contributed by atoms with Gasteiger partial charge in [-0.05, 0) is 23.8 Å². The Hall–Kier alpha value is -1.37. The predicted octanol–water partition coefficient (Wildman–Crippen LogP) is 4.63. The molecule has 25 heavy (non-hydrogen) atoms. The molecular weight excluding hydrogens is 360 g/mol. The quantitative estimate of drug-likeness (QED) is 0.835. The van der Waals surface area contributed by atoms with E-state index in [0.717, 1.165) is 30.0 Å². The number of carboxylic acid groups (broad SMARTS) is 1. The minimum atomic E-state index is -0.717. The maximum Gasteiger partial charge on any atom is 0.307 e. The molecule has 0 aliphatic carbocycles. The lowest BCUT2D eigenvalue weighted by atomic mass is 9.73. The molecule has 0 aromatic carbocycles. The molecule has 3 heterocycles. The Morgan fingerprint density at radius 2 is 2.20 bits per heavy atom. The van der Waals surface area contributed by atoms with Crippen molar-refractivity contribution in [3.63, 3.8) is 0 Å². The third-order valence-electron chi connectivity index (χ3n) is 4.90. The van der Waals surface area contributed by atoms with E-state index >= 15 is 0 Å². The summed E-state index contributed by atoms with van der Waals surface area (Å²) >= 11 is 7.43. The molecule has 2 aromatic rings. The van der Waals surface area contributed by atoms with E-state index in [1.807, 2.05) is 17.5 Å². The van der Waals surface area contributed by atoms with Gasteiger partial charge in [0.15, 0.2) is 5.76 Å². The van der Waals surface area contributed by atoms with Crippen molar-refractivity contribution in [1.29, 1.82) is 0 Å². The number of carboxylic acids is 1. The number of rotatable bonds is 4. The molecule has 2 atom stereocenters. The molecule has 0 bridgehead atoms. The summed E-state index contributed by atoms with van der Waals surface area (Å²) in [6.45, 7) is 8.50. The maximum atomic E-state index is 11.5. The average Bonchev–Trinajstić information content (AvgIpc) is 3.15. The van der Waals surface area contributed by atoms with Gasteiger partial charge >= 0.3 is 5.97 Å². The third kappa shape index (κ3) is 4.43. The Morgan fingerprint density at radius 1 is 1.44 bits per heavy atom. The van der Waals surface area contributed by atoms with Gasteiger partial charge in [-0.25, -0.2) is 0 Å². The zero-order valence-electron chi connectivity index (χ0n) is 14.7. The predicted molar refractivity (Wildman–Crippen MR) is 98.8 cm³/mol. The number of carbonyl (C=O) groups is 1. The zero-order valence-corrected chi connectivity index (χ0v) is 16.2. The second kappa shape index (κ2) is 7.09. The lowest BCUT2D eigenvalue weighted by Gasteiger charge is -2.41. The molecule has 0 spiro atoms. The number of piperidine rings is 1. The molecule has 0 amide bonds. The van der Waals surface area contributed by atoms with E-state index in [0.29, 0.717) is 23.3 Å². The van der Waals surface area contributed by atoms with Crippen LogP contribution in [0, 0.1) is 17.3 Å². The highest BCUT2D eigenvalue weighted by Gasteiger charge is 2.37. The average molecular weight is 383 g/mol. The van der Waals surface area contributed by atoms with Gasteiger partial charge in [0.1, 0.15) is 5.69 Å². The summed E-state index contributed by atoms with van der Waals surface area (Å²) in [7, 11) is 0. The zero-order chi connectivity index (χ0) is 18.2. The number of aromatic nitrogens is 1. The van der Waals surface area contributed by atoms with Crippen LogP contribution in [-0.2, 0) is 11.3 Å².